The minimum Gasteiger partial charge on any atom is -0.453 e. The number of imidazole rings is 1. The van der Waals surface area contributed by atoms with E-state index in [0.717, 1.165) is 81.5 Å². The summed E-state index contributed by atoms with van der Waals surface area (Å²) in [7, 11) is 5.60. The summed E-state index contributed by atoms with van der Waals surface area (Å²) in [6.07, 6.45) is 5.55. The normalized spacial score (nSPS) is 25.2. The van der Waals surface area contributed by atoms with Crippen LogP contribution in [0, 0.1) is 11.8 Å². The number of piperidine rings is 2. The fourth-order valence-electron chi connectivity index (χ4n) is 9.76. The summed E-state index contributed by atoms with van der Waals surface area (Å²) >= 11 is 0. The van der Waals surface area contributed by atoms with Crippen LogP contribution in [0.5, 0.6) is 0 Å². The summed E-state index contributed by atoms with van der Waals surface area (Å²) in [6, 6.07) is 19.5. The highest BCUT2D eigenvalue weighted by Crippen LogP contribution is 2.53. The molecule has 0 unspecified atom stereocenters. The van der Waals surface area contributed by atoms with E-state index in [0.29, 0.717) is 18.3 Å². The van der Waals surface area contributed by atoms with Crippen molar-refractivity contribution in [2.45, 2.75) is 94.4 Å². The zero-order chi connectivity index (χ0) is 43.4. The zero-order valence-corrected chi connectivity index (χ0v) is 35.8. The Balaban J connectivity index is 0.855. The van der Waals surface area contributed by atoms with E-state index in [4.69, 9.17) is 28.9 Å². The first-order valence-electron chi connectivity index (χ1n) is 21.3. The second-order valence-electron chi connectivity index (χ2n) is 17.2. The molecular formula is C47H53N7O8. The monoisotopic (exact) mass is 843 g/mol. The number of alkyl carbamates (subject to hydrolysis) is 2. The standard InChI is InChI=1S/C47H53N7O8/c1-24(59-3)41(51-46(57)61-5)44(55)53-37-18-32(37)20-39(53)35-17-34(22-48-35)31-14-13-29-15-28(11-12-30(29)16-31)26-7-9-27(10-8-26)36-23-49-43(50-36)40-21-33-19-38(33)54(40)45(56)42(25(2)60-4)52-47(58)62-6/h7-16,22-25,32-33,37-42H,17-21H2,1-6H3,(H,49,50)(H,51,57)(H,52,58)/t24-,25-,32-,33-,37-,38-,39+,40+,41+,42+/m1/s1. The SMILES string of the molecule is COC(=O)N[C@H](C(=O)N1[C@@H]2C[C@@H]2C[C@H]1C1=NC=C(c2ccc3cc(-c4ccc(-c5cnc([C@@H]6C[C@H]7C[C@H]7N6C(=O)[C@@H](NC(=O)OC)[C@@H](C)OC)[nH]5)cc4)ccc3c2)C1)[C@@H](C)OC. The van der Waals surface area contributed by atoms with Crippen molar-refractivity contribution in [3.05, 3.63) is 84.4 Å². The molecule has 10 atom stereocenters. The summed E-state index contributed by atoms with van der Waals surface area (Å²) in [6.45, 7) is 3.53. The Morgan fingerprint density at radius 3 is 1.77 bits per heavy atom. The highest BCUT2D eigenvalue weighted by Gasteiger charge is 2.58. The van der Waals surface area contributed by atoms with Crippen molar-refractivity contribution in [3.8, 4) is 22.4 Å². The molecular weight excluding hydrogens is 791 g/mol. The maximum Gasteiger partial charge on any atom is 0.407 e. The van der Waals surface area contributed by atoms with Gasteiger partial charge in [0, 0.05) is 44.6 Å². The minimum atomic E-state index is -0.885. The third-order valence-corrected chi connectivity index (χ3v) is 13.6. The van der Waals surface area contributed by atoms with Crippen LogP contribution >= 0.6 is 0 Å². The van der Waals surface area contributed by atoms with Gasteiger partial charge in [0.15, 0.2) is 0 Å². The number of hydrogen-bond acceptors (Lipinski definition) is 10. The van der Waals surface area contributed by atoms with E-state index in [9.17, 15) is 19.2 Å². The summed E-state index contributed by atoms with van der Waals surface area (Å²) in [5.74, 6) is 1.20. The first-order valence-corrected chi connectivity index (χ1v) is 21.3. The number of allylic oxidation sites excluding steroid dienone is 1. The fraction of sp³-hybridized carbons (Fsp3) is 0.447. The molecule has 4 heterocycles. The van der Waals surface area contributed by atoms with Crippen LogP contribution in [0.4, 0.5) is 9.59 Å². The van der Waals surface area contributed by atoms with Gasteiger partial charge in [0.2, 0.25) is 11.8 Å². The molecule has 0 spiro atoms. The van der Waals surface area contributed by atoms with E-state index in [2.05, 4.69) is 76.3 Å². The number of H-pyrrole nitrogens is 1. The molecule has 2 saturated heterocycles. The van der Waals surface area contributed by atoms with Crippen molar-refractivity contribution in [2.75, 3.05) is 28.4 Å². The Kier molecular flexibility index (Phi) is 11.1. The van der Waals surface area contributed by atoms with Gasteiger partial charge in [-0.3, -0.25) is 14.6 Å². The third-order valence-electron chi connectivity index (χ3n) is 13.6. The van der Waals surface area contributed by atoms with Gasteiger partial charge in [0.05, 0.1) is 50.4 Å². The van der Waals surface area contributed by atoms with Crippen LogP contribution in [-0.4, -0.2) is 120 Å². The third kappa shape index (κ3) is 7.72. The van der Waals surface area contributed by atoms with Crippen molar-refractivity contribution >= 4 is 46.1 Å². The first kappa shape index (κ1) is 41.3. The van der Waals surface area contributed by atoms with Gasteiger partial charge in [-0.2, -0.15) is 0 Å². The summed E-state index contributed by atoms with van der Waals surface area (Å²) in [5.41, 5.74) is 7.19. The number of aromatic amines is 1. The van der Waals surface area contributed by atoms with E-state index < -0.39 is 36.5 Å². The fourth-order valence-corrected chi connectivity index (χ4v) is 9.76. The number of aliphatic imine (C=N–C) groups is 1. The maximum atomic E-state index is 13.9. The first-order chi connectivity index (χ1) is 30.0. The summed E-state index contributed by atoms with van der Waals surface area (Å²) in [4.78, 5) is 69.0. The van der Waals surface area contributed by atoms with Crippen LogP contribution in [0.25, 0.3) is 38.7 Å². The summed E-state index contributed by atoms with van der Waals surface area (Å²) in [5, 5.41) is 7.60. The lowest BCUT2D eigenvalue weighted by molar-refractivity contribution is -0.139. The molecule has 4 aromatic rings. The average Bonchev–Trinajstić information content (AvgIpc) is 3.88. The van der Waals surface area contributed by atoms with E-state index in [-0.39, 0.29) is 36.0 Å². The highest BCUT2D eigenvalue weighted by atomic mass is 16.5. The number of carbonyl (C=O) groups is 4. The van der Waals surface area contributed by atoms with Crippen molar-refractivity contribution in [1.29, 1.82) is 0 Å². The van der Waals surface area contributed by atoms with E-state index in [1.165, 1.54) is 28.4 Å². The Morgan fingerprint density at radius 2 is 1.19 bits per heavy atom. The smallest absolute Gasteiger partial charge is 0.407 e. The van der Waals surface area contributed by atoms with Gasteiger partial charge in [0.25, 0.3) is 0 Å². The Bertz CT molecular complexity index is 2460. The zero-order valence-electron chi connectivity index (χ0n) is 35.8. The van der Waals surface area contributed by atoms with Crippen molar-refractivity contribution in [3.63, 3.8) is 0 Å². The summed E-state index contributed by atoms with van der Waals surface area (Å²) < 4.78 is 20.5. The van der Waals surface area contributed by atoms with Gasteiger partial charge in [0.1, 0.15) is 17.9 Å². The Morgan fingerprint density at radius 1 is 0.677 bits per heavy atom. The second-order valence-corrected chi connectivity index (χ2v) is 17.2. The topological polar surface area (TPSA) is 177 Å². The lowest BCUT2D eigenvalue weighted by atomic mass is 9.94. The van der Waals surface area contributed by atoms with Gasteiger partial charge in [-0.25, -0.2) is 14.6 Å². The molecule has 15 nitrogen and oxygen atoms in total. The average molecular weight is 844 g/mol. The molecule has 324 valence electrons. The number of likely N-dealkylation sites (tertiary alicyclic amines) is 2. The van der Waals surface area contributed by atoms with Crippen molar-refractivity contribution in [2.24, 2.45) is 16.8 Å². The number of methoxy groups -OCH3 is 4. The largest absolute Gasteiger partial charge is 0.453 e. The number of nitrogens with zero attached hydrogens (tertiary/aromatic N) is 4. The quantitative estimate of drug-likeness (QED) is 0.140. The van der Waals surface area contributed by atoms with Crippen LogP contribution in [0.2, 0.25) is 0 Å². The maximum absolute atomic E-state index is 13.9. The molecule has 5 aliphatic rings. The number of fused-ring (bicyclic) bond motifs is 3. The number of aromatic nitrogens is 2. The molecule has 0 radical (unpaired) electrons. The lowest BCUT2D eigenvalue weighted by Crippen LogP contribution is -2.57. The molecule has 15 heteroatoms. The Labute approximate surface area is 360 Å². The number of nitrogens with one attached hydrogen (secondary N) is 3. The van der Waals surface area contributed by atoms with E-state index >= 15 is 0 Å². The lowest BCUT2D eigenvalue weighted by Gasteiger charge is -2.33. The van der Waals surface area contributed by atoms with Gasteiger partial charge in [-0.1, -0.05) is 48.5 Å². The molecule has 2 saturated carbocycles. The van der Waals surface area contributed by atoms with E-state index in [1.54, 1.807) is 13.8 Å². The Hall–Kier alpha value is -6.06. The molecule has 3 aromatic carbocycles. The van der Waals surface area contributed by atoms with Gasteiger partial charge in [-0.15, -0.1) is 0 Å². The molecule has 1 aromatic heterocycles. The van der Waals surface area contributed by atoms with Crippen LogP contribution in [-0.2, 0) is 28.5 Å². The highest BCUT2D eigenvalue weighted by molar-refractivity contribution is 6.05. The molecule has 4 fully saturated rings. The molecule has 3 N–H and O–H groups in total. The van der Waals surface area contributed by atoms with Crippen molar-refractivity contribution in [1.82, 2.24) is 30.4 Å². The van der Waals surface area contributed by atoms with Crippen LogP contribution in [0.15, 0.2) is 78.1 Å². The predicted octanol–water partition coefficient (Wildman–Crippen LogP) is 6.25. The van der Waals surface area contributed by atoms with Gasteiger partial charge >= 0.3 is 12.2 Å². The molecule has 3 aliphatic heterocycles. The van der Waals surface area contributed by atoms with E-state index in [1.807, 2.05) is 22.2 Å². The molecule has 62 heavy (non-hydrogen) atoms. The van der Waals surface area contributed by atoms with Crippen LogP contribution < -0.4 is 10.6 Å². The number of benzene rings is 3. The number of amides is 4. The number of hydrogen-bond donors (Lipinski definition) is 3. The van der Waals surface area contributed by atoms with Crippen molar-refractivity contribution < 1.29 is 38.1 Å². The molecule has 2 aliphatic carbocycles. The predicted molar refractivity (Wildman–Crippen MR) is 232 cm³/mol. The van der Waals surface area contributed by atoms with Crippen LogP contribution in [0.1, 0.15) is 63.4 Å². The second kappa shape index (κ2) is 16.7. The van der Waals surface area contributed by atoms with Gasteiger partial charge in [-0.05, 0) is 102 Å². The molecule has 4 amide bonds. The van der Waals surface area contributed by atoms with Gasteiger partial charge < -0.3 is 44.4 Å². The molecule has 0 bridgehead atoms. The number of ether oxygens (including phenoxy) is 4. The number of rotatable bonds is 13. The minimum absolute atomic E-state index is 0.114. The molecule has 9 rings (SSSR count). The van der Waals surface area contributed by atoms with Crippen LogP contribution in [0.3, 0.4) is 0 Å². The number of carbonyl (C=O) groups excluding carboxylic acids is 4.